The second kappa shape index (κ2) is 15.8. The molecule has 10 rings (SSSR count). The quantitative estimate of drug-likeness (QED) is 0.126. The molecule has 1 amide bonds. The van der Waals surface area contributed by atoms with Crippen molar-refractivity contribution >= 4 is 39.6 Å². The Kier molecular flexibility index (Phi) is 10.5. The number of hydrogen-bond acceptors (Lipinski definition) is 11. The molecule has 2 unspecified atom stereocenters. The third-order valence-electron chi connectivity index (χ3n) is 12.6. The Morgan fingerprint density at radius 2 is 1.87 bits per heavy atom. The summed E-state index contributed by atoms with van der Waals surface area (Å²) in [6, 6.07) is 14.9. The van der Waals surface area contributed by atoms with Crippen LogP contribution in [0.2, 0.25) is 0 Å². The number of nitrogens with zero attached hydrogens (tertiary/aromatic N) is 5. The number of alkyl halides is 1. The van der Waals surface area contributed by atoms with Gasteiger partial charge < -0.3 is 29.2 Å². The number of alkyl carbamates (subject to hydrolysis) is 1. The van der Waals surface area contributed by atoms with Crippen LogP contribution in [0.4, 0.5) is 19.4 Å². The van der Waals surface area contributed by atoms with Crippen molar-refractivity contribution in [2.75, 3.05) is 44.3 Å². The van der Waals surface area contributed by atoms with Gasteiger partial charge in [0.1, 0.15) is 35.6 Å². The van der Waals surface area contributed by atoms with Gasteiger partial charge in [0.05, 0.1) is 28.6 Å². The molecular formula is C46H50F2N6O6. The molecule has 0 saturated carbocycles. The molecule has 0 spiro atoms. The zero-order valence-corrected chi connectivity index (χ0v) is 34.5. The molecule has 3 saturated heterocycles. The number of carbonyl (C=O) groups excluding carboxylic acids is 2. The normalized spacial score (nSPS) is 23.6. The topological polar surface area (TPSA) is 128 Å². The number of amides is 1. The zero-order chi connectivity index (χ0) is 41.8. The zero-order valence-electron chi connectivity index (χ0n) is 34.5. The van der Waals surface area contributed by atoms with E-state index in [1.54, 1.807) is 19.2 Å². The Morgan fingerprint density at radius 1 is 1.07 bits per heavy atom. The van der Waals surface area contributed by atoms with E-state index in [2.05, 4.69) is 10.2 Å². The van der Waals surface area contributed by atoms with Gasteiger partial charge in [-0.1, -0.05) is 36.4 Å². The minimum atomic E-state index is -0.995. The molecule has 14 heteroatoms. The van der Waals surface area contributed by atoms with Gasteiger partial charge >= 0.3 is 18.1 Å². The number of rotatable bonds is 7. The first-order valence-electron chi connectivity index (χ1n) is 21.0. The predicted molar refractivity (Wildman–Crippen MR) is 223 cm³/mol. The van der Waals surface area contributed by atoms with Gasteiger partial charge in [-0.2, -0.15) is 9.97 Å². The molecule has 60 heavy (non-hydrogen) atoms. The Bertz CT molecular complexity index is 2480. The van der Waals surface area contributed by atoms with Crippen LogP contribution in [0.15, 0.2) is 54.7 Å². The fourth-order valence-electron chi connectivity index (χ4n) is 9.90. The summed E-state index contributed by atoms with van der Waals surface area (Å²) in [5, 5.41) is 4.96. The lowest BCUT2D eigenvalue weighted by Crippen LogP contribution is -2.57. The lowest BCUT2D eigenvalue weighted by atomic mass is 9.91. The van der Waals surface area contributed by atoms with E-state index in [1.165, 1.54) is 0 Å². The smallest absolute Gasteiger partial charge is 0.407 e. The molecular weight excluding hydrogens is 771 g/mol. The number of fused-ring (bicyclic) bond motifs is 7. The first-order valence-corrected chi connectivity index (χ1v) is 21.0. The van der Waals surface area contributed by atoms with Crippen molar-refractivity contribution in [3.63, 3.8) is 0 Å². The second-order valence-corrected chi connectivity index (χ2v) is 17.2. The lowest BCUT2D eigenvalue weighted by Gasteiger charge is -2.41. The third kappa shape index (κ3) is 7.54. The summed E-state index contributed by atoms with van der Waals surface area (Å²) in [5.74, 6) is -0.415. The van der Waals surface area contributed by atoms with Crippen LogP contribution in [-0.4, -0.2) is 94.8 Å². The number of hydrogen-bond donors (Lipinski definition) is 1. The average Bonchev–Trinajstić information content (AvgIpc) is 3.73. The van der Waals surface area contributed by atoms with Gasteiger partial charge in [0.25, 0.3) is 0 Å². The molecule has 6 bridgehead atoms. The van der Waals surface area contributed by atoms with Gasteiger partial charge in [0.15, 0.2) is 5.82 Å². The van der Waals surface area contributed by atoms with E-state index in [0.717, 1.165) is 53.3 Å². The van der Waals surface area contributed by atoms with E-state index < -0.39 is 41.4 Å². The SMILES string of the molecule is Cc1cccc(C)c1C(=O)OC(C)Oc1cc2c3c(cccc3c1)CCCOC(=O)N[C@]1(C)CCCN(C1)c1nc(OCC34CCCN3C[C@H](F)C4)nc3c(F)c-2ncc13. The van der Waals surface area contributed by atoms with Crippen LogP contribution in [-0.2, 0) is 15.9 Å². The summed E-state index contributed by atoms with van der Waals surface area (Å²) in [6.45, 7) is 9.78. The van der Waals surface area contributed by atoms with Crippen LogP contribution < -0.4 is 19.7 Å². The molecule has 3 aromatic carbocycles. The fourth-order valence-corrected chi connectivity index (χ4v) is 9.90. The minimum Gasteiger partial charge on any atom is -0.461 e. The van der Waals surface area contributed by atoms with Crippen LogP contribution in [0.1, 0.15) is 79.4 Å². The van der Waals surface area contributed by atoms with Crippen LogP contribution in [0.3, 0.4) is 0 Å². The number of benzene rings is 3. The Hall–Kier alpha value is -5.63. The second-order valence-electron chi connectivity index (χ2n) is 17.2. The number of aryl methyl sites for hydroxylation is 3. The molecule has 2 aromatic heterocycles. The van der Waals surface area contributed by atoms with Crippen molar-refractivity contribution in [2.45, 2.75) is 96.2 Å². The van der Waals surface area contributed by atoms with E-state index in [1.807, 2.05) is 68.1 Å². The Labute approximate surface area is 347 Å². The first-order chi connectivity index (χ1) is 28.9. The maximum atomic E-state index is 17.6. The highest BCUT2D eigenvalue weighted by Crippen LogP contribution is 2.42. The van der Waals surface area contributed by atoms with Crippen molar-refractivity contribution < 1.29 is 37.3 Å². The van der Waals surface area contributed by atoms with Crippen molar-refractivity contribution in [1.82, 2.24) is 25.2 Å². The van der Waals surface area contributed by atoms with Crippen molar-refractivity contribution in [3.05, 3.63) is 82.8 Å². The maximum Gasteiger partial charge on any atom is 0.407 e. The van der Waals surface area contributed by atoms with Gasteiger partial charge in [-0.3, -0.25) is 9.88 Å². The Morgan fingerprint density at radius 3 is 2.70 bits per heavy atom. The number of ether oxygens (including phenoxy) is 4. The number of nitrogens with one attached hydrogen (secondary N) is 1. The summed E-state index contributed by atoms with van der Waals surface area (Å²) < 4.78 is 56.5. The van der Waals surface area contributed by atoms with Gasteiger partial charge in [-0.15, -0.1) is 0 Å². The predicted octanol–water partition coefficient (Wildman–Crippen LogP) is 8.17. The number of anilines is 1. The molecule has 5 aromatic rings. The average molecular weight is 821 g/mol. The van der Waals surface area contributed by atoms with Gasteiger partial charge in [0.2, 0.25) is 6.29 Å². The molecule has 0 aliphatic carbocycles. The third-order valence-corrected chi connectivity index (χ3v) is 12.6. The van der Waals surface area contributed by atoms with E-state index in [-0.39, 0.29) is 30.4 Å². The molecule has 4 atom stereocenters. The summed E-state index contributed by atoms with van der Waals surface area (Å²) in [7, 11) is 0. The lowest BCUT2D eigenvalue weighted by molar-refractivity contribution is -0.0372. The molecule has 12 nitrogen and oxygen atoms in total. The first kappa shape index (κ1) is 39.8. The van der Waals surface area contributed by atoms with Crippen LogP contribution in [0, 0.1) is 19.7 Å². The number of esters is 1. The van der Waals surface area contributed by atoms with Crippen LogP contribution >= 0.6 is 0 Å². The Balaban J connectivity index is 1.16. The number of pyridine rings is 1. The van der Waals surface area contributed by atoms with Crippen molar-refractivity contribution in [3.8, 4) is 23.0 Å². The standard InChI is InChI=1S/C46H50F2N6O6/c1-27-10-5-11-28(2)36(27)42(55)60-29(3)59-33-20-31-13-6-12-30-14-7-19-57-44(56)52-45(4)15-8-17-53(25-45)41-35-23-49-39(34(21-33)37(30)31)38(48)40(35)50-43(51-41)58-26-46-16-9-18-54(46)24-32(47)22-46/h5-6,10-13,20-21,23,29,32H,7-9,14-19,22,24-26H2,1-4H3,(H,52,56)/t29?,32-,45-,46?/m1/s1. The molecule has 0 radical (unpaired) electrons. The molecule has 5 aliphatic rings. The van der Waals surface area contributed by atoms with E-state index in [0.29, 0.717) is 73.4 Å². The van der Waals surface area contributed by atoms with Gasteiger partial charge in [0, 0.05) is 44.7 Å². The van der Waals surface area contributed by atoms with Gasteiger partial charge in [-0.05, 0) is 105 Å². The van der Waals surface area contributed by atoms with Crippen molar-refractivity contribution in [1.29, 1.82) is 0 Å². The summed E-state index contributed by atoms with van der Waals surface area (Å²) >= 11 is 0. The highest BCUT2D eigenvalue weighted by Gasteiger charge is 2.49. The number of halogens is 2. The molecule has 5 aliphatic heterocycles. The monoisotopic (exact) mass is 820 g/mol. The molecule has 7 heterocycles. The van der Waals surface area contributed by atoms with Crippen molar-refractivity contribution in [2.24, 2.45) is 0 Å². The molecule has 3 fully saturated rings. The summed E-state index contributed by atoms with van der Waals surface area (Å²) in [6.07, 6.45) is 3.71. The van der Waals surface area contributed by atoms with Crippen LogP contribution in [0.5, 0.6) is 11.8 Å². The molecule has 314 valence electrons. The largest absolute Gasteiger partial charge is 0.461 e. The number of aromatic nitrogens is 3. The highest BCUT2D eigenvalue weighted by molar-refractivity contribution is 6.02. The van der Waals surface area contributed by atoms with Crippen LogP contribution in [0.25, 0.3) is 32.9 Å². The van der Waals surface area contributed by atoms with Gasteiger partial charge in [-0.25, -0.2) is 18.4 Å². The summed E-state index contributed by atoms with van der Waals surface area (Å²) in [5.41, 5.74) is 2.32. The fraction of sp³-hybridized carbons (Fsp3) is 0.457. The summed E-state index contributed by atoms with van der Waals surface area (Å²) in [4.78, 5) is 45.1. The highest BCUT2D eigenvalue weighted by atomic mass is 19.1. The molecule has 1 N–H and O–H groups in total. The van der Waals surface area contributed by atoms with E-state index in [9.17, 15) is 14.0 Å². The number of piperidine rings is 1. The van der Waals surface area contributed by atoms with E-state index in [4.69, 9.17) is 33.9 Å². The van der Waals surface area contributed by atoms with E-state index >= 15 is 4.39 Å². The number of carbonyl (C=O) groups is 2. The minimum absolute atomic E-state index is 0.0168. The maximum absolute atomic E-state index is 17.6.